The molecule has 0 atom stereocenters. The summed E-state index contributed by atoms with van der Waals surface area (Å²) in [5.74, 6) is -0.415. The Morgan fingerprint density at radius 3 is 2.00 bits per heavy atom. The highest BCUT2D eigenvalue weighted by atomic mass is 32.2. The van der Waals surface area contributed by atoms with Crippen LogP contribution in [0.1, 0.15) is 5.56 Å². The van der Waals surface area contributed by atoms with Crippen LogP contribution in [0, 0.1) is 6.92 Å². The highest BCUT2D eigenvalue weighted by Gasteiger charge is 2.27. The van der Waals surface area contributed by atoms with Gasteiger partial charge in [0.15, 0.2) is 0 Å². The number of benzene rings is 3. The lowest BCUT2D eigenvalue weighted by molar-refractivity contribution is -0.114. The van der Waals surface area contributed by atoms with E-state index in [0.717, 1.165) is 9.87 Å². The lowest BCUT2D eigenvalue weighted by Gasteiger charge is -2.24. The number of rotatable bonds is 6. The van der Waals surface area contributed by atoms with Gasteiger partial charge in [0, 0.05) is 5.69 Å². The predicted molar refractivity (Wildman–Crippen MR) is 107 cm³/mol. The number of sulfonamides is 1. The van der Waals surface area contributed by atoms with Gasteiger partial charge in [-0.05, 0) is 43.3 Å². The fourth-order valence-corrected chi connectivity index (χ4v) is 4.04. The van der Waals surface area contributed by atoms with Crippen molar-refractivity contribution in [3.05, 3.63) is 90.5 Å². The van der Waals surface area contributed by atoms with Gasteiger partial charge in [-0.15, -0.1) is 0 Å². The zero-order valence-electron chi connectivity index (χ0n) is 14.9. The van der Waals surface area contributed by atoms with Crippen molar-refractivity contribution < 1.29 is 13.2 Å². The SMILES string of the molecule is Cc1ccc(N(CC(=O)Nc2ccccc2)S(=O)(=O)c2ccccc2)cc1. The first-order chi connectivity index (χ1) is 13.0. The summed E-state index contributed by atoms with van der Waals surface area (Å²) < 4.78 is 27.4. The van der Waals surface area contributed by atoms with Crippen molar-refractivity contribution in [3.8, 4) is 0 Å². The summed E-state index contributed by atoms with van der Waals surface area (Å²) >= 11 is 0. The molecule has 6 heteroatoms. The maximum Gasteiger partial charge on any atom is 0.264 e. The predicted octanol–water partition coefficient (Wildman–Crippen LogP) is 3.83. The molecule has 0 aromatic heterocycles. The highest BCUT2D eigenvalue weighted by molar-refractivity contribution is 7.92. The van der Waals surface area contributed by atoms with E-state index < -0.39 is 15.9 Å². The van der Waals surface area contributed by atoms with Gasteiger partial charge in [0.25, 0.3) is 10.0 Å². The number of nitrogens with zero attached hydrogens (tertiary/aromatic N) is 1. The van der Waals surface area contributed by atoms with Gasteiger partial charge in [0.2, 0.25) is 5.91 Å². The van der Waals surface area contributed by atoms with Crippen LogP contribution in [0.2, 0.25) is 0 Å². The highest BCUT2D eigenvalue weighted by Crippen LogP contribution is 2.24. The van der Waals surface area contributed by atoms with E-state index in [0.29, 0.717) is 11.4 Å². The third-order valence-corrected chi connectivity index (χ3v) is 5.79. The number of carbonyl (C=O) groups is 1. The molecule has 27 heavy (non-hydrogen) atoms. The minimum absolute atomic E-state index is 0.137. The molecule has 0 fully saturated rings. The number of aryl methyl sites for hydroxylation is 1. The normalized spacial score (nSPS) is 11.0. The van der Waals surface area contributed by atoms with E-state index in [9.17, 15) is 13.2 Å². The maximum absolute atomic E-state index is 13.2. The fraction of sp³-hybridized carbons (Fsp3) is 0.0952. The molecule has 0 saturated heterocycles. The molecule has 3 aromatic carbocycles. The molecule has 138 valence electrons. The average Bonchev–Trinajstić information content (AvgIpc) is 2.68. The number of anilines is 2. The van der Waals surface area contributed by atoms with Gasteiger partial charge in [-0.2, -0.15) is 0 Å². The molecule has 0 spiro atoms. The Balaban J connectivity index is 1.93. The van der Waals surface area contributed by atoms with Crippen LogP contribution in [0.25, 0.3) is 0 Å². The minimum atomic E-state index is -3.88. The first-order valence-electron chi connectivity index (χ1n) is 8.46. The Kier molecular flexibility index (Phi) is 5.57. The molecule has 1 N–H and O–H groups in total. The molecule has 0 unspecified atom stereocenters. The van der Waals surface area contributed by atoms with Crippen LogP contribution in [0.3, 0.4) is 0 Å². The van der Waals surface area contributed by atoms with Crippen molar-refractivity contribution in [1.29, 1.82) is 0 Å². The summed E-state index contributed by atoms with van der Waals surface area (Å²) in [4.78, 5) is 12.7. The van der Waals surface area contributed by atoms with E-state index in [1.165, 1.54) is 12.1 Å². The zero-order chi connectivity index (χ0) is 19.3. The number of hydrogen-bond acceptors (Lipinski definition) is 3. The van der Waals surface area contributed by atoms with Crippen molar-refractivity contribution in [2.24, 2.45) is 0 Å². The molecule has 0 aliphatic rings. The lowest BCUT2D eigenvalue weighted by Crippen LogP contribution is -2.38. The molecular weight excluding hydrogens is 360 g/mol. The molecule has 0 aliphatic heterocycles. The van der Waals surface area contributed by atoms with Gasteiger partial charge >= 0.3 is 0 Å². The van der Waals surface area contributed by atoms with Gasteiger partial charge in [-0.25, -0.2) is 8.42 Å². The largest absolute Gasteiger partial charge is 0.325 e. The van der Waals surface area contributed by atoms with Crippen LogP contribution >= 0.6 is 0 Å². The van der Waals surface area contributed by atoms with Crippen molar-refractivity contribution in [2.45, 2.75) is 11.8 Å². The summed E-state index contributed by atoms with van der Waals surface area (Å²) in [5.41, 5.74) is 2.06. The summed E-state index contributed by atoms with van der Waals surface area (Å²) in [7, 11) is -3.88. The molecular formula is C21H20N2O3S. The molecule has 0 aliphatic carbocycles. The summed E-state index contributed by atoms with van der Waals surface area (Å²) in [6.45, 7) is 1.59. The first-order valence-corrected chi connectivity index (χ1v) is 9.90. The molecule has 5 nitrogen and oxygen atoms in total. The minimum Gasteiger partial charge on any atom is -0.325 e. The van der Waals surface area contributed by atoms with E-state index in [-0.39, 0.29) is 11.4 Å². The van der Waals surface area contributed by atoms with E-state index in [1.54, 1.807) is 54.6 Å². The summed E-state index contributed by atoms with van der Waals surface area (Å²) in [6.07, 6.45) is 0. The number of nitrogens with one attached hydrogen (secondary N) is 1. The van der Waals surface area contributed by atoms with Gasteiger partial charge < -0.3 is 5.32 Å². The Morgan fingerprint density at radius 2 is 1.41 bits per heavy atom. The van der Waals surface area contributed by atoms with Gasteiger partial charge in [-0.1, -0.05) is 54.1 Å². The zero-order valence-corrected chi connectivity index (χ0v) is 15.7. The van der Waals surface area contributed by atoms with Gasteiger partial charge in [-0.3, -0.25) is 9.10 Å². The third kappa shape index (κ3) is 4.54. The summed E-state index contributed by atoms with van der Waals surface area (Å²) in [5, 5.41) is 2.73. The molecule has 1 amide bonds. The van der Waals surface area contributed by atoms with E-state index in [1.807, 2.05) is 25.1 Å². The number of hydrogen-bond donors (Lipinski definition) is 1. The quantitative estimate of drug-likeness (QED) is 0.707. The van der Waals surface area contributed by atoms with Gasteiger partial charge in [0.05, 0.1) is 10.6 Å². The van der Waals surface area contributed by atoms with Crippen LogP contribution < -0.4 is 9.62 Å². The second kappa shape index (κ2) is 8.05. The van der Waals surface area contributed by atoms with Crippen LogP contribution in [-0.2, 0) is 14.8 Å². The van der Waals surface area contributed by atoms with Crippen molar-refractivity contribution in [2.75, 3.05) is 16.2 Å². The Labute approximate surface area is 159 Å². The molecule has 0 saturated carbocycles. The number of carbonyl (C=O) groups excluding carboxylic acids is 1. The average molecular weight is 380 g/mol. The van der Waals surface area contributed by atoms with E-state index in [4.69, 9.17) is 0 Å². The van der Waals surface area contributed by atoms with Crippen molar-refractivity contribution in [3.63, 3.8) is 0 Å². The monoisotopic (exact) mass is 380 g/mol. The number of amides is 1. The number of para-hydroxylation sites is 1. The molecule has 0 radical (unpaired) electrons. The van der Waals surface area contributed by atoms with Crippen LogP contribution in [0.5, 0.6) is 0 Å². The second-order valence-corrected chi connectivity index (χ2v) is 7.94. The third-order valence-electron chi connectivity index (χ3n) is 4.00. The van der Waals surface area contributed by atoms with Crippen LogP contribution in [-0.4, -0.2) is 20.9 Å². The Morgan fingerprint density at radius 1 is 0.852 bits per heavy atom. The topological polar surface area (TPSA) is 66.5 Å². The van der Waals surface area contributed by atoms with Crippen molar-refractivity contribution >= 4 is 27.3 Å². The van der Waals surface area contributed by atoms with Crippen LogP contribution in [0.4, 0.5) is 11.4 Å². The lowest BCUT2D eigenvalue weighted by atomic mass is 10.2. The molecule has 0 bridgehead atoms. The van der Waals surface area contributed by atoms with E-state index >= 15 is 0 Å². The fourth-order valence-electron chi connectivity index (χ4n) is 2.60. The Bertz CT molecular complexity index is 1000. The van der Waals surface area contributed by atoms with Crippen molar-refractivity contribution in [1.82, 2.24) is 0 Å². The Hall–Kier alpha value is -3.12. The standard InChI is InChI=1S/C21H20N2O3S/c1-17-12-14-19(15-13-17)23(27(25,26)20-10-6-3-7-11-20)16-21(24)22-18-8-4-2-5-9-18/h2-15H,16H2,1H3,(H,22,24). The molecule has 3 aromatic rings. The molecule has 3 rings (SSSR count). The first kappa shape index (κ1) is 18.7. The maximum atomic E-state index is 13.2. The van der Waals surface area contributed by atoms with Crippen LogP contribution in [0.15, 0.2) is 89.8 Å². The smallest absolute Gasteiger partial charge is 0.264 e. The van der Waals surface area contributed by atoms with Gasteiger partial charge in [0.1, 0.15) is 6.54 Å². The summed E-state index contributed by atoms with van der Waals surface area (Å²) in [6, 6.07) is 24.1. The molecule has 0 heterocycles. The second-order valence-electron chi connectivity index (χ2n) is 6.07. The van der Waals surface area contributed by atoms with E-state index in [2.05, 4.69) is 5.32 Å².